The molecule has 0 spiro atoms. The van der Waals surface area contributed by atoms with Crippen LogP contribution < -0.4 is 4.72 Å². The van der Waals surface area contributed by atoms with Gasteiger partial charge in [0.15, 0.2) is 0 Å². The number of anilines is 1. The van der Waals surface area contributed by atoms with E-state index in [1.165, 1.54) is 13.4 Å². The second kappa shape index (κ2) is 5.45. The maximum Gasteiger partial charge on any atom is 0.305 e. The lowest BCUT2D eigenvalue weighted by atomic mass is 10.3. The van der Waals surface area contributed by atoms with Crippen molar-refractivity contribution in [2.45, 2.75) is 12.8 Å². The zero-order valence-corrected chi connectivity index (χ0v) is 9.45. The number of carbonyl (C=O) groups excluding carboxylic acids is 1. The maximum atomic E-state index is 11.4. The first-order valence-corrected chi connectivity index (χ1v) is 6.11. The lowest BCUT2D eigenvalue weighted by Crippen LogP contribution is -2.18. The summed E-state index contributed by atoms with van der Waals surface area (Å²) in [4.78, 5) is 14.4. The summed E-state index contributed by atoms with van der Waals surface area (Å²) in [6.07, 6.45) is 1.44. The number of nitrogens with one attached hydrogen (secondary N) is 2. The van der Waals surface area contributed by atoms with Crippen LogP contribution in [0.15, 0.2) is 6.33 Å². The number of esters is 1. The van der Waals surface area contributed by atoms with Crippen molar-refractivity contribution in [3.63, 3.8) is 0 Å². The van der Waals surface area contributed by atoms with Crippen LogP contribution in [0, 0.1) is 0 Å². The molecule has 0 aliphatic carbocycles. The summed E-state index contributed by atoms with van der Waals surface area (Å²) in [5.41, 5.74) is 0. The molecule has 0 unspecified atom stereocenters. The average Bonchev–Trinajstić information content (AvgIpc) is 2.69. The molecule has 1 aromatic heterocycles. The Morgan fingerprint density at radius 1 is 1.62 bits per heavy atom. The van der Waals surface area contributed by atoms with E-state index in [1.807, 2.05) is 0 Å². The minimum Gasteiger partial charge on any atom is -0.469 e. The highest BCUT2D eigenvalue weighted by Crippen LogP contribution is 2.02. The van der Waals surface area contributed by atoms with Crippen LogP contribution in [-0.4, -0.2) is 42.4 Å². The molecule has 1 heterocycles. The first-order valence-electron chi connectivity index (χ1n) is 4.46. The predicted molar refractivity (Wildman–Crippen MR) is 55.0 cm³/mol. The number of ether oxygens (including phenoxy) is 1. The van der Waals surface area contributed by atoms with Gasteiger partial charge in [0.25, 0.3) is 0 Å². The molecular formula is C7H12N4O4S. The molecule has 0 saturated heterocycles. The van der Waals surface area contributed by atoms with Gasteiger partial charge in [-0.2, -0.15) is 10.1 Å². The van der Waals surface area contributed by atoms with Gasteiger partial charge < -0.3 is 4.74 Å². The Bertz CT molecular complexity index is 427. The Balaban J connectivity index is 2.38. The Morgan fingerprint density at radius 3 is 2.94 bits per heavy atom. The van der Waals surface area contributed by atoms with Gasteiger partial charge in [-0.05, 0) is 6.42 Å². The molecule has 0 radical (unpaired) electrons. The van der Waals surface area contributed by atoms with Gasteiger partial charge in [0.1, 0.15) is 6.33 Å². The summed E-state index contributed by atoms with van der Waals surface area (Å²) in [5, 5.41) is 5.85. The van der Waals surface area contributed by atoms with Crippen molar-refractivity contribution in [1.82, 2.24) is 15.2 Å². The van der Waals surface area contributed by atoms with Crippen molar-refractivity contribution in [2.24, 2.45) is 0 Å². The molecule has 1 rings (SSSR count). The average molecular weight is 248 g/mol. The molecule has 0 aliphatic heterocycles. The second-order valence-corrected chi connectivity index (χ2v) is 4.78. The molecule has 16 heavy (non-hydrogen) atoms. The van der Waals surface area contributed by atoms with Gasteiger partial charge >= 0.3 is 5.97 Å². The lowest BCUT2D eigenvalue weighted by Gasteiger charge is -2.03. The topological polar surface area (TPSA) is 114 Å². The van der Waals surface area contributed by atoms with Crippen molar-refractivity contribution in [3.05, 3.63) is 6.33 Å². The van der Waals surface area contributed by atoms with Crippen molar-refractivity contribution < 1.29 is 17.9 Å². The van der Waals surface area contributed by atoms with E-state index >= 15 is 0 Å². The minimum absolute atomic E-state index is 0.0538. The highest BCUT2D eigenvalue weighted by Gasteiger charge is 2.12. The summed E-state index contributed by atoms with van der Waals surface area (Å²) in [5.74, 6) is -0.559. The highest BCUT2D eigenvalue weighted by molar-refractivity contribution is 7.92. The van der Waals surface area contributed by atoms with Gasteiger partial charge in [-0.3, -0.25) is 9.52 Å². The third-order valence-electron chi connectivity index (χ3n) is 1.69. The highest BCUT2D eigenvalue weighted by atomic mass is 32.2. The Morgan fingerprint density at radius 2 is 2.38 bits per heavy atom. The van der Waals surface area contributed by atoms with Gasteiger partial charge in [0, 0.05) is 6.42 Å². The number of methoxy groups -OCH3 is 1. The maximum absolute atomic E-state index is 11.4. The quantitative estimate of drug-likeness (QED) is 0.656. The van der Waals surface area contributed by atoms with Crippen LogP contribution in [0.4, 0.5) is 5.95 Å². The molecule has 8 nitrogen and oxygen atoms in total. The largest absolute Gasteiger partial charge is 0.469 e. The number of carbonyl (C=O) groups is 1. The number of nitrogens with zero attached hydrogens (tertiary/aromatic N) is 2. The van der Waals surface area contributed by atoms with Gasteiger partial charge in [-0.1, -0.05) is 0 Å². The Labute approximate surface area is 92.5 Å². The van der Waals surface area contributed by atoms with E-state index < -0.39 is 16.0 Å². The number of aromatic nitrogens is 3. The van der Waals surface area contributed by atoms with Gasteiger partial charge in [-0.25, -0.2) is 13.5 Å². The molecule has 90 valence electrons. The molecule has 0 atom stereocenters. The molecule has 0 amide bonds. The zero-order valence-electron chi connectivity index (χ0n) is 8.63. The van der Waals surface area contributed by atoms with Crippen LogP contribution in [-0.2, 0) is 19.6 Å². The van der Waals surface area contributed by atoms with Crippen molar-refractivity contribution in [2.75, 3.05) is 17.6 Å². The fraction of sp³-hybridized carbons (Fsp3) is 0.571. The van der Waals surface area contributed by atoms with Crippen LogP contribution in [0.25, 0.3) is 0 Å². The van der Waals surface area contributed by atoms with Gasteiger partial charge in [-0.15, -0.1) is 0 Å². The molecule has 1 aromatic rings. The smallest absolute Gasteiger partial charge is 0.305 e. The zero-order chi connectivity index (χ0) is 12.0. The summed E-state index contributed by atoms with van der Waals surface area (Å²) < 4.78 is 29.4. The second-order valence-electron chi connectivity index (χ2n) is 2.93. The fourth-order valence-electron chi connectivity index (χ4n) is 0.962. The molecule has 0 bridgehead atoms. The number of hydrogen-bond donors (Lipinski definition) is 2. The number of aromatic amines is 1. The molecule has 0 saturated carbocycles. The third-order valence-corrected chi connectivity index (χ3v) is 3.02. The standard InChI is InChI=1S/C7H12N4O4S/c1-15-6(12)3-2-4-16(13,14)11-7-8-5-9-10-7/h5H,2-4H2,1H3,(H2,8,9,10,11). The number of hydrogen-bond acceptors (Lipinski definition) is 6. The Kier molecular flexibility index (Phi) is 4.23. The van der Waals surface area contributed by atoms with Crippen LogP contribution in [0.5, 0.6) is 0 Å². The summed E-state index contributed by atoms with van der Waals surface area (Å²) in [6.45, 7) is 0. The normalized spacial score (nSPS) is 11.1. The van der Waals surface area contributed by atoms with Gasteiger partial charge in [0.05, 0.1) is 12.9 Å². The first-order chi connectivity index (χ1) is 7.53. The molecular weight excluding hydrogens is 236 g/mol. The van der Waals surface area contributed by atoms with Crippen LogP contribution in [0.2, 0.25) is 0 Å². The molecule has 2 N–H and O–H groups in total. The predicted octanol–water partition coefficient (Wildman–Crippen LogP) is -0.500. The fourth-order valence-corrected chi connectivity index (χ4v) is 1.98. The summed E-state index contributed by atoms with van der Waals surface area (Å²) >= 11 is 0. The summed E-state index contributed by atoms with van der Waals surface area (Å²) in [6, 6.07) is 0. The molecule has 0 aromatic carbocycles. The van der Waals surface area contributed by atoms with E-state index in [2.05, 4.69) is 24.6 Å². The van der Waals surface area contributed by atoms with Crippen LogP contribution in [0.1, 0.15) is 12.8 Å². The van der Waals surface area contributed by atoms with Gasteiger partial charge in [0.2, 0.25) is 16.0 Å². The Hall–Kier alpha value is -1.64. The molecule has 0 aliphatic rings. The first kappa shape index (κ1) is 12.4. The van der Waals surface area contributed by atoms with Crippen LogP contribution in [0.3, 0.4) is 0 Å². The van der Waals surface area contributed by atoms with E-state index in [-0.39, 0.29) is 24.5 Å². The van der Waals surface area contributed by atoms with E-state index in [9.17, 15) is 13.2 Å². The summed E-state index contributed by atoms with van der Waals surface area (Å²) in [7, 11) is -2.25. The number of sulfonamides is 1. The van der Waals surface area contributed by atoms with Crippen molar-refractivity contribution in [1.29, 1.82) is 0 Å². The third kappa shape index (κ3) is 4.26. The molecule has 0 fully saturated rings. The number of H-pyrrole nitrogens is 1. The lowest BCUT2D eigenvalue weighted by molar-refractivity contribution is -0.140. The minimum atomic E-state index is -3.50. The molecule has 9 heteroatoms. The van der Waals surface area contributed by atoms with Crippen LogP contribution >= 0.6 is 0 Å². The van der Waals surface area contributed by atoms with E-state index in [0.717, 1.165) is 0 Å². The monoisotopic (exact) mass is 248 g/mol. The van der Waals surface area contributed by atoms with Crippen molar-refractivity contribution >= 4 is 21.9 Å². The van der Waals surface area contributed by atoms with E-state index in [0.29, 0.717) is 0 Å². The van der Waals surface area contributed by atoms with Crippen molar-refractivity contribution in [3.8, 4) is 0 Å². The number of rotatable bonds is 6. The van der Waals surface area contributed by atoms with E-state index in [1.54, 1.807) is 0 Å². The van der Waals surface area contributed by atoms with E-state index in [4.69, 9.17) is 0 Å². The SMILES string of the molecule is COC(=O)CCCS(=O)(=O)Nc1ncn[nH]1.